The highest BCUT2D eigenvalue weighted by molar-refractivity contribution is 5.93. The molecule has 0 heterocycles. The predicted octanol–water partition coefficient (Wildman–Crippen LogP) is 8.54. The van der Waals surface area contributed by atoms with E-state index in [9.17, 15) is 19.2 Å². The molecule has 248 valence electrons. The normalized spacial score (nSPS) is 11.3. The summed E-state index contributed by atoms with van der Waals surface area (Å²) >= 11 is 0. The number of hydrogen-bond donors (Lipinski definition) is 0. The first-order chi connectivity index (χ1) is 22.1. The van der Waals surface area contributed by atoms with Gasteiger partial charge in [-0.15, -0.1) is 0 Å². The third-order valence-corrected chi connectivity index (χ3v) is 8.02. The molecule has 0 fully saturated rings. The maximum absolute atomic E-state index is 12.4. The van der Waals surface area contributed by atoms with Gasteiger partial charge in [-0.1, -0.05) is 89.4 Å². The fourth-order valence-corrected chi connectivity index (χ4v) is 4.81. The van der Waals surface area contributed by atoms with Crippen molar-refractivity contribution in [2.45, 2.75) is 78.1 Å². The number of esters is 3. The van der Waals surface area contributed by atoms with Crippen LogP contribution in [0, 0.1) is 0 Å². The second kappa shape index (κ2) is 16.0. The van der Waals surface area contributed by atoms with Crippen molar-refractivity contribution in [3.05, 3.63) is 119 Å². The van der Waals surface area contributed by atoms with Gasteiger partial charge in [0.05, 0.1) is 6.61 Å². The molecule has 8 nitrogen and oxygen atoms in total. The lowest BCUT2D eigenvalue weighted by atomic mass is 9.73. The minimum atomic E-state index is -1.11. The average molecular weight is 641 g/mol. The molecule has 0 aliphatic carbocycles. The Morgan fingerprint density at radius 1 is 0.617 bits per heavy atom. The minimum Gasteiger partial charge on any atom is -0.462 e. The summed E-state index contributed by atoms with van der Waals surface area (Å²) in [5, 5.41) is 0. The highest BCUT2D eigenvalue weighted by Gasteiger charge is 2.28. The molecule has 8 heteroatoms. The molecule has 0 spiro atoms. The van der Waals surface area contributed by atoms with Gasteiger partial charge in [0.15, 0.2) is 0 Å². The van der Waals surface area contributed by atoms with Crippen molar-refractivity contribution in [1.29, 1.82) is 0 Å². The molecule has 3 rings (SSSR count). The Morgan fingerprint density at radius 3 is 1.60 bits per heavy atom. The summed E-state index contributed by atoms with van der Waals surface area (Å²) < 4.78 is 20.3. The number of ether oxygens (including phenoxy) is 4. The van der Waals surface area contributed by atoms with E-state index in [0.29, 0.717) is 30.8 Å². The molecule has 3 aromatic carbocycles. The maximum Gasteiger partial charge on any atom is 0.521 e. The highest BCUT2D eigenvalue weighted by Crippen LogP contribution is 2.37. The van der Waals surface area contributed by atoms with Gasteiger partial charge in [0.2, 0.25) is 0 Å². The van der Waals surface area contributed by atoms with Crippen LogP contribution in [0.25, 0.3) is 0 Å². The Labute approximate surface area is 277 Å². The molecule has 0 saturated heterocycles. The standard InChI is InChI=1S/C39H44O8/c1-26(2)35(41)44-24-11-9-10-15-34(40)45-32-20-16-28(17-21-32)38(5,6)30-13-12-14-31(25-30)39(7,8)29-18-22-33(23-19-29)46-37(43)47-36(42)27(3)4/h12-14,16-23,25H,1,3,9-11,15,24H2,2,4-8H3. The Morgan fingerprint density at radius 2 is 1.11 bits per heavy atom. The van der Waals surface area contributed by atoms with Gasteiger partial charge in [-0.3, -0.25) is 4.79 Å². The average Bonchev–Trinajstić information content (AvgIpc) is 3.03. The third-order valence-electron chi connectivity index (χ3n) is 8.02. The van der Waals surface area contributed by atoms with Gasteiger partial charge in [-0.25, -0.2) is 14.4 Å². The molecule has 0 aliphatic rings. The zero-order valence-corrected chi connectivity index (χ0v) is 28.1. The van der Waals surface area contributed by atoms with Crippen LogP contribution in [0.3, 0.4) is 0 Å². The molecular weight excluding hydrogens is 596 g/mol. The van der Waals surface area contributed by atoms with E-state index in [2.05, 4.69) is 63.8 Å². The van der Waals surface area contributed by atoms with Crippen LogP contribution in [0.4, 0.5) is 4.79 Å². The van der Waals surface area contributed by atoms with Gasteiger partial charge in [-0.2, -0.15) is 0 Å². The van der Waals surface area contributed by atoms with Crippen LogP contribution in [-0.2, 0) is 34.7 Å². The molecule has 47 heavy (non-hydrogen) atoms. The lowest BCUT2D eigenvalue weighted by Gasteiger charge is -2.31. The number of unbranched alkanes of at least 4 members (excludes halogenated alkanes) is 2. The van der Waals surface area contributed by atoms with E-state index in [-0.39, 0.29) is 34.5 Å². The molecule has 0 N–H and O–H groups in total. The third kappa shape index (κ3) is 10.3. The van der Waals surface area contributed by atoms with Crippen LogP contribution in [0.2, 0.25) is 0 Å². The van der Waals surface area contributed by atoms with Gasteiger partial charge < -0.3 is 18.9 Å². The van der Waals surface area contributed by atoms with Gasteiger partial charge in [0.1, 0.15) is 11.5 Å². The Kier molecular flexibility index (Phi) is 12.4. The summed E-state index contributed by atoms with van der Waals surface area (Å²) in [6.45, 7) is 18.9. The second-order valence-electron chi connectivity index (χ2n) is 12.6. The molecular formula is C39H44O8. The summed E-state index contributed by atoms with van der Waals surface area (Å²) in [6.07, 6.45) is 1.23. The highest BCUT2D eigenvalue weighted by atomic mass is 16.7. The van der Waals surface area contributed by atoms with Crippen molar-refractivity contribution in [2.75, 3.05) is 6.61 Å². The van der Waals surface area contributed by atoms with E-state index in [4.69, 9.17) is 14.2 Å². The molecule has 0 unspecified atom stereocenters. The minimum absolute atomic E-state index is 0.101. The molecule has 0 atom stereocenters. The van der Waals surface area contributed by atoms with Crippen LogP contribution in [0.15, 0.2) is 97.1 Å². The summed E-state index contributed by atoms with van der Waals surface area (Å²) in [5.74, 6) is -0.794. The summed E-state index contributed by atoms with van der Waals surface area (Å²) in [4.78, 5) is 47.2. The van der Waals surface area contributed by atoms with Gasteiger partial charge in [0.25, 0.3) is 0 Å². The zero-order chi connectivity index (χ0) is 34.8. The number of benzene rings is 3. The maximum atomic E-state index is 12.4. The van der Waals surface area contributed by atoms with E-state index in [1.165, 1.54) is 6.92 Å². The molecule has 0 bridgehead atoms. The molecule has 3 aromatic rings. The largest absolute Gasteiger partial charge is 0.521 e. The van der Waals surface area contributed by atoms with Crippen LogP contribution < -0.4 is 9.47 Å². The fraction of sp³-hybridized carbons (Fsp3) is 0.333. The van der Waals surface area contributed by atoms with Crippen LogP contribution in [-0.4, -0.2) is 30.7 Å². The Hall–Kier alpha value is -4.98. The summed E-state index contributed by atoms with van der Waals surface area (Å²) in [5.41, 5.74) is 4.03. The van der Waals surface area contributed by atoms with E-state index < -0.39 is 18.1 Å². The quantitative estimate of drug-likeness (QED) is 0.0431. The van der Waals surface area contributed by atoms with Crippen molar-refractivity contribution in [1.82, 2.24) is 0 Å². The SMILES string of the molecule is C=C(C)C(=O)OCCCCCC(=O)Oc1ccc(C(C)(C)c2cccc(C(C)(C)c3ccc(OC(=O)OC(=O)C(=C)C)cc3)c2)cc1. The van der Waals surface area contributed by atoms with Crippen LogP contribution in [0.1, 0.15) is 89.5 Å². The van der Waals surface area contributed by atoms with Crippen molar-refractivity contribution in [2.24, 2.45) is 0 Å². The Bertz CT molecular complexity index is 1610. The van der Waals surface area contributed by atoms with Crippen LogP contribution in [0.5, 0.6) is 11.5 Å². The van der Waals surface area contributed by atoms with E-state index in [0.717, 1.165) is 28.7 Å². The zero-order valence-electron chi connectivity index (χ0n) is 28.1. The first-order valence-electron chi connectivity index (χ1n) is 15.6. The summed E-state index contributed by atoms with van der Waals surface area (Å²) in [7, 11) is 0. The second-order valence-corrected chi connectivity index (χ2v) is 12.6. The first kappa shape index (κ1) is 36.5. The van der Waals surface area contributed by atoms with Crippen LogP contribution >= 0.6 is 0 Å². The van der Waals surface area contributed by atoms with Gasteiger partial charge >= 0.3 is 24.1 Å². The molecule has 0 aromatic heterocycles. The topological polar surface area (TPSA) is 105 Å². The van der Waals surface area contributed by atoms with Gasteiger partial charge in [-0.05, 0) is 79.6 Å². The molecule has 0 aliphatic heterocycles. The number of carbonyl (C=O) groups is 4. The monoisotopic (exact) mass is 640 g/mol. The molecule has 0 amide bonds. The number of carbonyl (C=O) groups excluding carboxylic acids is 4. The lowest BCUT2D eigenvalue weighted by molar-refractivity contribution is -0.139. The molecule has 0 saturated carbocycles. The van der Waals surface area contributed by atoms with Crippen molar-refractivity contribution in [3.63, 3.8) is 0 Å². The van der Waals surface area contributed by atoms with Gasteiger partial charge in [0, 0.05) is 28.4 Å². The van der Waals surface area contributed by atoms with Crippen molar-refractivity contribution >= 4 is 24.1 Å². The lowest BCUT2D eigenvalue weighted by Crippen LogP contribution is -2.23. The van der Waals surface area contributed by atoms with Crippen molar-refractivity contribution in [3.8, 4) is 11.5 Å². The smallest absolute Gasteiger partial charge is 0.462 e. The number of hydrogen-bond acceptors (Lipinski definition) is 8. The number of rotatable bonds is 14. The van der Waals surface area contributed by atoms with E-state index >= 15 is 0 Å². The van der Waals surface area contributed by atoms with Crippen molar-refractivity contribution < 1.29 is 38.1 Å². The Balaban J connectivity index is 1.61. The molecule has 0 radical (unpaired) electrons. The summed E-state index contributed by atoms with van der Waals surface area (Å²) in [6, 6.07) is 23.1. The predicted molar refractivity (Wildman–Crippen MR) is 180 cm³/mol. The fourth-order valence-electron chi connectivity index (χ4n) is 4.81. The van der Waals surface area contributed by atoms with E-state index in [1.807, 2.05) is 42.5 Å². The van der Waals surface area contributed by atoms with E-state index in [1.54, 1.807) is 19.1 Å². The first-order valence-corrected chi connectivity index (χ1v) is 15.6.